The molecule has 2 rings (SSSR count). The standard InChI is InChI=1S/C14H10Br2ClFO/c15-11-3-9(4-12(18)6-11)8-19-13-1-2-14(16)10(5-13)7-17/h1-6H,7-8H2. The number of ether oxygens (including phenoxy) is 1. The lowest BCUT2D eigenvalue weighted by Gasteiger charge is -2.09. The molecule has 0 bridgehead atoms. The summed E-state index contributed by atoms with van der Waals surface area (Å²) in [7, 11) is 0. The van der Waals surface area contributed by atoms with Crippen LogP contribution in [0, 0.1) is 5.82 Å². The van der Waals surface area contributed by atoms with Gasteiger partial charge in [-0.05, 0) is 47.5 Å². The van der Waals surface area contributed by atoms with Crippen LogP contribution in [0.25, 0.3) is 0 Å². The van der Waals surface area contributed by atoms with Gasteiger partial charge in [-0.3, -0.25) is 0 Å². The van der Waals surface area contributed by atoms with Gasteiger partial charge in [-0.25, -0.2) is 4.39 Å². The van der Waals surface area contributed by atoms with Crippen molar-refractivity contribution in [3.8, 4) is 5.75 Å². The van der Waals surface area contributed by atoms with Crippen molar-refractivity contribution in [1.29, 1.82) is 0 Å². The van der Waals surface area contributed by atoms with E-state index in [0.717, 1.165) is 15.6 Å². The number of rotatable bonds is 4. The zero-order valence-corrected chi connectivity index (χ0v) is 13.7. The first-order valence-electron chi connectivity index (χ1n) is 5.50. The molecule has 0 saturated carbocycles. The maximum Gasteiger partial charge on any atom is 0.124 e. The molecule has 0 unspecified atom stereocenters. The average Bonchev–Trinajstić information content (AvgIpc) is 2.36. The lowest BCUT2D eigenvalue weighted by molar-refractivity contribution is 0.305. The summed E-state index contributed by atoms with van der Waals surface area (Å²) in [5, 5.41) is 0. The van der Waals surface area contributed by atoms with E-state index in [0.29, 0.717) is 22.7 Å². The van der Waals surface area contributed by atoms with Gasteiger partial charge in [0, 0.05) is 14.8 Å². The van der Waals surface area contributed by atoms with Gasteiger partial charge in [-0.1, -0.05) is 31.9 Å². The summed E-state index contributed by atoms with van der Waals surface area (Å²) >= 11 is 12.5. The van der Waals surface area contributed by atoms with Crippen LogP contribution in [-0.4, -0.2) is 0 Å². The number of hydrogen-bond donors (Lipinski definition) is 0. The summed E-state index contributed by atoms with van der Waals surface area (Å²) in [6.45, 7) is 0.305. The zero-order valence-electron chi connectivity index (χ0n) is 9.80. The van der Waals surface area contributed by atoms with Crippen molar-refractivity contribution in [3.63, 3.8) is 0 Å². The highest BCUT2D eigenvalue weighted by atomic mass is 79.9. The van der Waals surface area contributed by atoms with Crippen molar-refractivity contribution >= 4 is 43.5 Å². The predicted octanol–water partition coefficient (Wildman–Crippen LogP) is 5.67. The number of hydrogen-bond acceptors (Lipinski definition) is 1. The number of benzene rings is 2. The summed E-state index contributed by atoms with van der Waals surface area (Å²) in [6.07, 6.45) is 0. The average molecular weight is 408 g/mol. The van der Waals surface area contributed by atoms with E-state index in [2.05, 4.69) is 31.9 Å². The van der Waals surface area contributed by atoms with Gasteiger partial charge in [0.05, 0.1) is 0 Å². The van der Waals surface area contributed by atoms with Crippen molar-refractivity contribution in [1.82, 2.24) is 0 Å². The third-order valence-corrected chi connectivity index (χ3v) is 4.01. The van der Waals surface area contributed by atoms with Gasteiger partial charge in [0.25, 0.3) is 0 Å². The highest BCUT2D eigenvalue weighted by molar-refractivity contribution is 9.10. The highest BCUT2D eigenvalue weighted by Gasteiger charge is 2.03. The van der Waals surface area contributed by atoms with Crippen molar-refractivity contribution in [3.05, 3.63) is 62.3 Å². The Kier molecular flexibility index (Phi) is 5.25. The molecular weight excluding hydrogens is 398 g/mol. The predicted molar refractivity (Wildman–Crippen MR) is 82.1 cm³/mol. The van der Waals surface area contributed by atoms with E-state index < -0.39 is 0 Å². The van der Waals surface area contributed by atoms with Gasteiger partial charge in [-0.15, -0.1) is 11.6 Å². The molecule has 0 saturated heterocycles. The van der Waals surface area contributed by atoms with E-state index in [-0.39, 0.29) is 5.82 Å². The molecule has 1 nitrogen and oxygen atoms in total. The minimum Gasteiger partial charge on any atom is -0.489 e. The molecule has 0 aromatic heterocycles. The summed E-state index contributed by atoms with van der Waals surface area (Å²) in [6, 6.07) is 10.3. The van der Waals surface area contributed by atoms with E-state index in [1.807, 2.05) is 24.3 Å². The first-order valence-corrected chi connectivity index (χ1v) is 7.62. The van der Waals surface area contributed by atoms with Gasteiger partial charge < -0.3 is 4.74 Å². The monoisotopic (exact) mass is 406 g/mol. The Morgan fingerprint density at radius 2 is 1.89 bits per heavy atom. The Morgan fingerprint density at radius 3 is 2.58 bits per heavy atom. The lowest BCUT2D eigenvalue weighted by atomic mass is 10.2. The molecule has 0 radical (unpaired) electrons. The second-order valence-corrected chi connectivity index (χ2v) is 5.99. The Labute approximate surface area is 133 Å². The SMILES string of the molecule is Fc1cc(Br)cc(COc2ccc(Br)c(CCl)c2)c1. The third-order valence-electron chi connectivity index (χ3n) is 2.49. The Balaban J connectivity index is 2.10. The van der Waals surface area contributed by atoms with Crippen LogP contribution in [0.1, 0.15) is 11.1 Å². The van der Waals surface area contributed by atoms with E-state index in [1.54, 1.807) is 0 Å². The van der Waals surface area contributed by atoms with E-state index in [9.17, 15) is 4.39 Å². The molecule has 0 N–H and O–H groups in total. The third kappa shape index (κ3) is 4.20. The van der Waals surface area contributed by atoms with Gasteiger partial charge in [0.2, 0.25) is 0 Å². The molecule has 0 fully saturated rings. The normalized spacial score (nSPS) is 10.5. The zero-order chi connectivity index (χ0) is 13.8. The van der Waals surface area contributed by atoms with Gasteiger partial charge in [0.15, 0.2) is 0 Å². The molecule has 0 spiro atoms. The molecule has 100 valence electrons. The fourth-order valence-corrected chi connectivity index (χ4v) is 2.89. The molecule has 0 aliphatic carbocycles. The topological polar surface area (TPSA) is 9.23 Å². The minimum absolute atomic E-state index is 0.287. The molecule has 0 amide bonds. The summed E-state index contributed by atoms with van der Waals surface area (Å²) in [5.74, 6) is 0.827. The van der Waals surface area contributed by atoms with E-state index in [1.165, 1.54) is 12.1 Å². The summed E-state index contributed by atoms with van der Waals surface area (Å²) < 4.78 is 20.5. The lowest BCUT2D eigenvalue weighted by Crippen LogP contribution is -1.97. The Morgan fingerprint density at radius 1 is 1.11 bits per heavy atom. The molecule has 19 heavy (non-hydrogen) atoms. The molecule has 2 aromatic rings. The van der Waals surface area contributed by atoms with E-state index in [4.69, 9.17) is 16.3 Å². The Hall–Kier alpha value is -0.580. The minimum atomic E-state index is -0.287. The first kappa shape index (κ1) is 14.8. The maximum atomic E-state index is 13.2. The van der Waals surface area contributed by atoms with Gasteiger partial charge in [-0.2, -0.15) is 0 Å². The molecule has 2 aromatic carbocycles. The van der Waals surface area contributed by atoms with Crippen molar-refractivity contribution in [2.45, 2.75) is 12.5 Å². The summed E-state index contributed by atoms with van der Waals surface area (Å²) in [4.78, 5) is 0. The fraction of sp³-hybridized carbons (Fsp3) is 0.143. The number of halogens is 4. The second-order valence-electron chi connectivity index (χ2n) is 3.95. The van der Waals surface area contributed by atoms with Crippen LogP contribution in [0.3, 0.4) is 0 Å². The van der Waals surface area contributed by atoms with Crippen LogP contribution in [0.15, 0.2) is 45.3 Å². The first-order chi connectivity index (χ1) is 9.08. The van der Waals surface area contributed by atoms with Crippen molar-refractivity contribution in [2.75, 3.05) is 0 Å². The molecule has 0 atom stereocenters. The van der Waals surface area contributed by atoms with Crippen molar-refractivity contribution in [2.24, 2.45) is 0 Å². The van der Waals surface area contributed by atoms with Crippen LogP contribution in [0.2, 0.25) is 0 Å². The highest BCUT2D eigenvalue weighted by Crippen LogP contribution is 2.25. The Bertz CT molecular complexity index is 569. The molecule has 0 heterocycles. The van der Waals surface area contributed by atoms with Crippen LogP contribution in [0.5, 0.6) is 5.75 Å². The van der Waals surface area contributed by atoms with Gasteiger partial charge in [0.1, 0.15) is 18.2 Å². The summed E-state index contributed by atoms with van der Waals surface area (Å²) in [5.41, 5.74) is 1.72. The molecule has 0 aliphatic rings. The van der Waals surface area contributed by atoms with Gasteiger partial charge >= 0.3 is 0 Å². The van der Waals surface area contributed by atoms with E-state index >= 15 is 0 Å². The van der Waals surface area contributed by atoms with Crippen LogP contribution in [0.4, 0.5) is 4.39 Å². The second kappa shape index (κ2) is 6.73. The molecular formula is C14H10Br2ClFO. The fourth-order valence-electron chi connectivity index (χ4n) is 1.60. The number of alkyl halides is 1. The maximum absolute atomic E-state index is 13.2. The largest absolute Gasteiger partial charge is 0.489 e. The van der Waals surface area contributed by atoms with Crippen LogP contribution >= 0.6 is 43.5 Å². The van der Waals surface area contributed by atoms with Crippen LogP contribution in [-0.2, 0) is 12.5 Å². The van der Waals surface area contributed by atoms with Crippen molar-refractivity contribution < 1.29 is 9.13 Å². The molecule has 0 aliphatic heterocycles. The quantitative estimate of drug-likeness (QED) is 0.593. The smallest absolute Gasteiger partial charge is 0.124 e. The molecule has 5 heteroatoms. The van der Waals surface area contributed by atoms with Crippen LogP contribution < -0.4 is 4.74 Å².